The first-order chi connectivity index (χ1) is 11.0. The first kappa shape index (κ1) is 18.5. The molecule has 0 fully saturated rings. The highest BCUT2D eigenvalue weighted by molar-refractivity contribution is 6.40. The average molecular weight is 321 g/mol. The minimum Gasteiger partial charge on any atom is -0.452 e. The van der Waals surface area contributed by atoms with Crippen molar-refractivity contribution in [3.63, 3.8) is 0 Å². The lowest BCUT2D eigenvalue weighted by Gasteiger charge is -2.21. The van der Waals surface area contributed by atoms with E-state index in [1.807, 2.05) is 31.2 Å². The highest BCUT2D eigenvalue weighted by Crippen LogP contribution is 2.22. The first-order valence-corrected chi connectivity index (χ1v) is 7.23. The van der Waals surface area contributed by atoms with Gasteiger partial charge in [0.15, 0.2) is 0 Å². The third kappa shape index (κ3) is 5.28. The maximum Gasteiger partial charge on any atom is 0.413 e. The van der Waals surface area contributed by atoms with E-state index in [0.717, 1.165) is 11.3 Å². The summed E-state index contributed by atoms with van der Waals surface area (Å²) >= 11 is 0. The zero-order valence-corrected chi connectivity index (χ0v) is 14.2. The maximum atomic E-state index is 11.8. The third-order valence-corrected chi connectivity index (χ3v) is 3.17. The second-order valence-electron chi connectivity index (χ2n) is 4.65. The number of rotatable bonds is 7. The fraction of sp³-hybridized carbons (Fsp3) is 0.438. The van der Waals surface area contributed by atoms with Gasteiger partial charge in [-0.25, -0.2) is 4.79 Å². The van der Waals surface area contributed by atoms with Crippen LogP contribution in [-0.4, -0.2) is 38.3 Å². The quantitative estimate of drug-likeness (QED) is 0.571. The molecule has 126 valence electrons. The normalized spacial score (nSPS) is 11.9. The Morgan fingerprint density at radius 3 is 2.39 bits per heavy atom. The summed E-state index contributed by atoms with van der Waals surface area (Å²) in [5.41, 5.74) is 2.81. The molecule has 7 nitrogen and oxygen atoms in total. The van der Waals surface area contributed by atoms with Gasteiger partial charge >= 0.3 is 6.09 Å². The summed E-state index contributed by atoms with van der Waals surface area (Å²) in [6.45, 7) is 6.14. The number of nitrogens with zero attached hydrogens (tertiary/aromatic N) is 3. The molecule has 0 aliphatic heterocycles. The number of ether oxygens (including phenoxy) is 1. The first-order valence-electron chi connectivity index (χ1n) is 7.23. The molecule has 0 atom stereocenters. The van der Waals surface area contributed by atoms with Crippen molar-refractivity contribution in [1.82, 2.24) is 0 Å². The van der Waals surface area contributed by atoms with Gasteiger partial charge in [0.05, 0.1) is 12.8 Å². The van der Waals surface area contributed by atoms with E-state index in [2.05, 4.69) is 15.1 Å². The van der Waals surface area contributed by atoms with E-state index >= 15 is 0 Å². The number of benzene rings is 1. The minimum absolute atomic E-state index is 0.223. The lowest BCUT2D eigenvalue weighted by Crippen LogP contribution is -2.31. The number of para-hydroxylation sites is 1. The summed E-state index contributed by atoms with van der Waals surface area (Å²) in [6, 6.07) is 7.45. The van der Waals surface area contributed by atoms with E-state index in [4.69, 9.17) is 9.57 Å². The van der Waals surface area contributed by atoms with Crippen LogP contribution in [-0.2, 0) is 21.0 Å². The molecule has 0 saturated heterocycles. The molecule has 0 saturated carbocycles. The molecule has 0 heterocycles. The minimum atomic E-state index is -0.414. The van der Waals surface area contributed by atoms with E-state index in [1.54, 1.807) is 13.8 Å². The van der Waals surface area contributed by atoms with Crippen molar-refractivity contribution in [3.05, 3.63) is 29.8 Å². The molecule has 23 heavy (non-hydrogen) atoms. The molecular weight excluding hydrogens is 298 g/mol. The summed E-state index contributed by atoms with van der Waals surface area (Å²) in [5.74, 6) is 0. The topological polar surface area (TPSA) is 72.7 Å². The zero-order valence-electron chi connectivity index (χ0n) is 14.2. The van der Waals surface area contributed by atoms with Crippen LogP contribution in [0, 0.1) is 0 Å². The second kappa shape index (κ2) is 9.45. The monoisotopic (exact) mass is 321 g/mol. The zero-order chi connectivity index (χ0) is 17.2. The Labute approximate surface area is 136 Å². The van der Waals surface area contributed by atoms with Crippen LogP contribution >= 0.6 is 0 Å². The van der Waals surface area contributed by atoms with Crippen molar-refractivity contribution in [2.75, 3.05) is 25.7 Å². The molecule has 0 radical (unpaired) electrons. The Morgan fingerprint density at radius 2 is 1.78 bits per heavy atom. The van der Waals surface area contributed by atoms with Gasteiger partial charge in [0.2, 0.25) is 0 Å². The van der Waals surface area contributed by atoms with Gasteiger partial charge in [-0.3, -0.25) is 4.90 Å². The van der Waals surface area contributed by atoms with Crippen LogP contribution in [0.3, 0.4) is 0 Å². The lowest BCUT2D eigenvalue weighted by atomic mass is 10.1. The summed E-state index contributed by atoms with van der Waals surface area (Å²) < 4.78 is 4.80. The van der Waals surface area contributed by atoms with Crippen molar-refractivity contribution < 1.29 is 19.2 Å². The molecular formula is C16H23N3O4. The van der Waals surface area contributed by atoms with Crippen molar-refractivity contribution in [3.8, 4) is 0 Å². The smallest absolute Gasteiger partial charge is 0.413 e. The number of carbonyl (C=O) groups is 1. The molecule has 1 rings (SSSR count). The van der Waals surface area contributed by atoms with Crippen LogP contribution in [0.2, 0.25) is 0 Å². The molecule has 7 heteroatoms. The number of anilines is 1. The highest BCUT2D eigenvalue weighted by atomic mass is 16.6. The predicted molar refractivity (Wildman–Crippen MR) is 89.9 cm³/mol. The molecule has 0 spiro atoms. The van der Waals surface area contributed by atoms with Crippen LogP contribution in [0.15, 0.2) is 34.6 Å². The van der Waals surface area contributed by atoms with Gasteiger partial charge in [0, 0.05) is 12.1 Å². The molecule has 1 amide bonds. The van der Waals surface area contributed by atoms with E-state index in [-0.39, 0.29) is 6.61 Å². The van der Waals surface area contributed by atoms with Gasteiger partial charge in [-0.15, -0.1) is 0 Å². The Kier molecular flexibility index (Phi) is 7.59. The number of carbonyl (C=O) groups excluding carboxylic acids is 1. The van der Waals surface area contributed by atoms with Crippen LogP contribution in [0.5, 0.6) is 0 Å². The lowest BCUT2D eigenvalue weighted by molar-refractivity contribution is 0.131. The summed E-state index contributed by atoms with van der Waals surface area (Å²) in [5, 5.41) is 7.78. The second-order valence-corrected chi connectivity index (χ2v) is 4.65. The van der Waals surface area contributed by atoms with Crippen LogP contribution in [0.4, 0.5) is 10.5 Å². The van der Waals surface area contributed by atoms with Crippen molar-refractivity contribution in [2.45, 2.75) is 27.4 Å². The van der Waals surface area contributed by atoms with Crippen LogP contribution in [0.25, 0.3) is 0 Å². The Morgan fingerprint density at radius 1 is 1.13 bits per heavy atom. The standard InChI is InChI=1S/C16H23N3O4/c1-6-19(16(20)21-4)15-10-8-7-9-14(15)11-23-18-13(3)12(2)17-22-5/h7-10H,6,11H2,1-5H3. The molecule has 1 aromatic rings. The number of hydrogen-bond acceptors (Lipinski definition) is 6. The fourth-order valence-electron chi connectivity index (χ4n) is 1.87. The molecule has 1 aromatic carbocycles. The van der Waals surface area contributed by atoms with Crippen molar-refractivity contribution in [2.24, 2.45) is 10.3 Å². The molecule has 0 unspecified atom stereocenters. The third-order valence-electron chi connectivity index (χ3n) is 3.17. The van der Waals surface area contributed by atoms with E-state index in [9.17, 15) is 4.79 Å². The van der Waals surface area contributed by atoms with Crippen molar-refractivity contribution >= 4 is 23.2 Å². The van der Waals surface area contributed by atoms with Crippen LogP contribution in [0.1, 0.15) is 26.3 Å². The molecule has 0 bridgehead atoms. The van der Waals surface area contributed by atoms with Gasteiger partial charge < -0.3 is 14.4 Å². The number of oxime groups is 2. The van der Waals surface area contributed by atoms with Gasteiger partial charge in [-0.2, -0.15) is 0 Å². The van der Waals surface area contributed by atoms with Gasteiger partial charge in [-0.05, 0) is 26.8 Å². The molecule has 0 aromatic heterocycles. The Bertz CT molecular complexity index is 584. The number of methoxy groups -OCH3 is 1. The van der Waals surface area contributed by atoms with Gasteiger partial charge in [0.25, 0.3) is 0 Å². The van der Waals surface area contributed by atoms with E-state index in [1.165, 1.54) is 19.1 Å². The number of amides is 1. The fourth-order valence-corrected chi connectivity index (χ4v) is 1.87. The average Bonchev–Trinajstić information content (AvgIpc) is 2.56. The molecule has 0 aliphatic carbocycles. The number of hydrogen-bond donors (Lipinski definition) is 0. The van der Waals surface area contributed by atoms with E-state index in [0.29, 0.717) is 18.0 Å². The largest absolute Gasteiger partial charge is 0.452 e. The molecule has 0 N–H and O–H groups in total. The Hall–Kier alpha value is -2.57. The Balaban J connectivity index is 2.88. The molecule has 0 aliphatic rings. The summed E-state index contributed by atoms with van der Waals surface area (Å²) in [4.78, 5) is 23.4. The van der Waals surface area contributed by atoms with Crippen LogP contribution < -0.4 is 4.90 Å². The maximum absolute atomic E-state index is 11.8. The summed E-state index contributed by atoms with van der Waals surface area (Å²) in [6.07, 6.45) is -0.414. The SMILES string of the molecule is CCN(C(=O)OC)c1ccccc1CON=C(C)C(C)=NOC. The highest BCUT2D eigenvalue weighted by Gasteiger charge is 2.17. The summed E-state index contributed by atoms with van der Waals surface area (Å²) in [7, 11) is 2.83. The van der Waals surface area contributed by atoms with Crippen molar-refractivity contribution in [1.29, 1.82) is 0 Å². The van der Waals surface area contributed by atoms with E-state index < -0.39 is 6.09 Å². The predicted octanol–water partition coefficient (Wildman–Crippen LogP) is 3.19. The van der Waals surface area contributed by atoms with Gasteiger partial charge in [0.1, 0.15) is 25.1 Å². The van der Waals surface area contributed by atoms with Gasteiger partial charge in [-0.1, -0.05) is 28.5 Å².